The highest BCUT2D eigenvalue weighted by molar-refractivity contribution is 7.92. The van der Waals surface area contributed by atoms with Gasteiger partial charge in [-0.1, -0.05) is 23.2 Å². The van der Waals surface area contributed by atoms with Crippen LogP contribution in [0.4, 0.5) is 5.82 Å². The van der Waals surface area contributed by atoms with Gasteiger partial charge in [0.15, 0.2) is 9.84 Å². The molecule has 0 spiro atoms. The molecule has 112 valence electrons. The van der Waals surface area contributed by atoms with E-state index in [0.717, 1.165) is 0 Å². The molecule has 0 radical (unpaired) electrons. The minimum absolute atomic E-state index is 0.134. The smallest absolute Gasteiger partial charge is 0.156 e. The van der Waals surface area contributed by atoms with Gasteiger partial charge in [-0.25, -0.2) is 13.4 Å². The second-order valence-electron chi connectivity index (χ2n) is 5.11. The van der Waals surface area contributed by atoms with Crippen molar-refractivity contribution in [3.8, 4) is 0 Å². The van der Waals surface area contributed by atoms with E-state index in [4.69, 9.17) is 23.2 Å². The van der Waals surface area contributed by atoms with Gasteiger partial charge in [-0.3, -0.25) is 4.98 Å². The Kier molecular flexibility index (Phi) is 3.71. The summed E-state index contributed by atoms with van der Waals surface area (Å²) in [7, 11) is -2.99. The van der Waals surface area contributed by atoms with E-state index in [1.54, 1.807) is 25.3 Å². The normalized spacial score (nSPS) is 21.7. The second-order valence-corrected chi connectivity index (χ2v) is 8.46. The molecule has 1 fully saturated rings. The number of anilines is 1. The third-order valence-corrected chi connectivity index (χ3v) is 6.48. The highest BCUT2D eigenvalue weighted by Gasteiger charge is 2.30. The van der Waals surface area contributed by atoms with E-state index < -0.39 is 15.1 Å². The van der Waals surface area contributed by atoms with Gasteiger partial charge in [0.25, 0.3) is 0 Å². The third kappa shape index (κ3) is 2.80. The van der Waals surface area contributed by atoms with Gasteiger partial charge in [0.05, 0.1) is 38.3 Å². The van der Waals surface area contributed by atoms with E-state index in [2.05, 4.69) is 9.97 Å². The Labute approximate surface area is 132 Å². The average molecular weight is 346 g/mol. The van der Waals surface area contributed by atoms with Gasteiger partial charge in [-0.05, 0) is 19.1 Å². The van der Waals surface area contributed by atoms with Gasteiger partial charge in [0, 0.05) is 13.1 Å². The number of rotatable bonds is 1. The molecule has 2 heterocycles. The molecule has 5 nitrogen and oxygen atoms in total. The molecule has 0 bridgehead atoms. The highest BCUT2D eigenvalue weighted by atomic mass is 35.5. The molecule has 1 aromatic heterocycles. The Bertz CT molecular complexity index is 810. The maximum absolute atomic E-state index is 11.8. The molecule has 1 aromatic carbocycles. The number of hydrogen-bond acceptors (Lipinski definition) is 5. The average Bonchev–Trinajstić information content (AvgIpc) is 2.43. The van der Waals surface area contributed by atoms with Gasteiger partial charge in [-0.15, -0.1) is 0 Å². The zero-order chi connectivity index (χ0) is 15.2. The molecule has 1 aliphatic rings. The molecular formula is C13H13Cl2N3O2S. The first kappa shape index (κ1) is 14.8. The number of hydrogen-bond donors (Lipinski definition) is 0. The van der Waals surface area contributed by atoms with Crippen LogP contribution in [0.25, 0.3) is 11.0 Å². The molecule has 2 aromatic rings. The SMILES string of the molecule is C[C@@H]1CN(c2cnc3cc(Cl)c(Cl)cc3n2)CCS1(=O)=O. The lowest BCUT2D eigenvalue weighted by Gasteiger charge is -2.31. The summed E-state index contributed by atoms with van der Waals surface area (Å²) < 4.78 is 23.5. The molecule has 0 unspecified atom stereocenters. The van der Waals surface area contributed by atoms with E-state index in [1.165, 1.54) is 0 Å². The maximum atomic E-state index is 11.8. The zero-order valence-electron chi connectivity index (χ0n) is 11.3. The Balaban J connectivity index is 1.96. The topological polar surface area (TPSA) is 63.2 Å². The molecule has 1 saturated heterocycles. The lowest BCUT2D eigenvalue weighted by Crippen LogP contribution is -2.45. The van der Waals surface area contributed by atoms with Gasteiger partial charge >= 0.3 is 0 Å². The Morgan fingerprint density at radius 3 is 2.57 bits per heavy atom. The van der Waals surface area contributed by atoms with Crippen molar-refractivity contribution in [2.75, 3.05) is 23.7 Å². The van der Waals surface area contributed by atoms with Crippen LogP contribution in [0, 0.1) is 0 Å². The first-order valence-corrected chi connectivity index (χ1v) is 8.92. The quantitative estimate of drug-likeness (QED) is 0.794. The lowest BCUT2D eigenvalue weighted by atomic mass is 10.3. The third-order valence-electron chi connectivity index (χ3n) is 3.63. The summed E-state index contributed by atoms with van der Waals surface area (Å²) in [6.07, 6.45) is 1.64. The van der Waals surface area contributed by atoms with Crippen LogP contribution < -0.4 is 4.90 Å². The summed E-state index contributed by atoms with van der Waals surface area (Å²) in [4.78, 5) is 10.8. The minimum atomic E-state index is -2.99. The van der Waals surface area contributed by atoms with Crippen molar-refractivity contribution in [3.05, 3.63) is 28.4 Å². The number of sulfone groups is 1. The second kappa shape index (κ2) is 5.26. The standard InChI is InChI=1S/C13H13Cl2N3O2S/c1-8-7-18(2-3-21(8,19)20)13-6-16-11-4-9(14)10(15)5-12(11)17-13/h4-6,8H,2-3,7H2,1H3/t8-/m1/s1. The van der Waals surface area contributed by atoms with E-state index in [-0.39, 0.29) is 5.75 Å². The van der Waals surface area contributed by atoms with Crippen molar-refractivity contribution in [1.29, 1.82) is 0 Å². The molecule has 8 heteroatoms. The van der Waals surface area contributed by atoms with Crippen LogP contribution in [0.3, 0.4) is 0 Å². The van der Waals surface area contributed by atoms with Crippen molar-refractivity contribution in [2.45, 2.75) is 12.2 Å². The molecule has 0 saturated carbocycles. The van der Waals surface area contributed by atoms with Crippen molar-refractivity contribution in [3.63, 3.8) is 0 Å². The summed E-state index contributed by atoms with van der Waals surface area (Å²) >= 11 is 11.9. The largest absolute Gasteiger partial charge is 0.353 e. The Morgan fingerprint density at radius 2 is 1.90 bits per heavy atom. The fraction of sp³-hybridized carbons (Fsp3) is 0.385. The monoisotopic (exact) mass is 345 g/mol. The fourth-order valence-electron chi connectivity index (χ4n) is 2.31. The van der Waals surface area contributed by atoms with Crippen LogP contribution in [-0.2, 0) is 9.84 Å². The van der Waals surface area contributed by atoms with Gasteiger partial charge in [0.2, 0.25) is 0 Å². The van der Waals surface area contributed by atoms with Crippen molar-refractivity contribution in [1.82, 2.24) is 9.97 Å². The van der Waals surface area contributed by atoms with E-state index in [9.17, 15) is 8.42 Å². The van der Waals surface area contributed by atoms with Crippen molar-refractivity contribution in [2.24, 2.45) is 0 Å². The van der Waals surface area contributed by atoms with Crippen molar-refractivity contribution >= 4 is 49.9 Å². The van der Waals surface area contributed by atoms with Crippen LogP contribution in [0.5, 0.6) is 0 Å². The molecule has 1 aliphatic heterocycles. The van der Waals surface area contributed by atoms with Crippen LogP contribution in [-0.4, -0.2) is 42.5 Å². The summed E-state index contributed by atoms with van der Waals surface area (Å²) in [5.41, 5.74) is 1.30. The first-order chi connectivity index (χ1) is 9.87. The van der Waals surface area contributed by atoms with Crippen LogP contribution in [0.15, 0.2) is 18.3 Å². The molecular weight excluding hydrogens is 333 g/mol. The molecule has 0 N–H and O–H groups in total. The lowest BCUT2D eigenvalue weighted by molar-refractivity contribution is 0.568. The number of halogens is 2. The fourth-order valence-corrected chi connectivity index (χ4v) is 3.91. The number of benzene rings is 1. The number of nitrogens with zero attached hydrogens (tertiary/aromatic N) is 3. The minimum Gasteiger partial charge on any atom is -0.353 e. The Morgan fingerprint density at radius 1 is 1.24 bits per heavy atom. The predicted octanol–water partition coefficient (Wildman–Crippen LogP) is 2.56. The van der Waals surface area contributed by atoms with Crippen LogP contribution in [0.2, 0.25) is 10.0 Å². The highest BCUT2D eigenvalue weighted by Crippen LogP contribution is 2.27. The predicted molar refractivity (Wildman–Crippen MR) is 85.0 cm³/mol. The van der Waals surface area contributed by atoms with Crippen LogP contribution >= 0.6 is 23.2 Å². The number of fused-ring (bicyclic) bond motifs is 1. The van der Waals surface area contributed by atoms with Gasteiger partial charge in [-0.2, -0.15) is 0 Å². The van der Waals surface area contributed by atoms with Crippen LogP contribution in [0.1, 0.15) is 6.92 Å². The van der Waals surface area contributed by atoms with E-state index in [0.29, 0.717) is 40.0 Å². The molecule has 0 amide bonds. The van der Waals surface area contributed by atoms with Gasteiger partial charge < -0.3 is 4.90 Å². The molecule has 0 aliphatic carbocycles. The van der Waals surface area contributed by atoms with Gasteiger partial charge in [0.1, 0.15) is 5.82 Å². The van der Waals surface area contributed by atoms with E-state index >= 15 is 0 Å². The zero-order valence-corrected chi connectivity index (χ0v) is 13.6. The summed E-state index contributed by atoms with van der Waals surface area (Å²) in [6.45, 7) is 2.56. The summed E-state index contributed by atoms with van der Waals surface area (Å²) in [5, 5.41) is 0.451. The molecule has 21 heavy (non-hydrogen) atoms. The number of aromatic nitrogens is 2. The maximum Gasteiger partial charge on any atom is 0.156 e. The Hall–Kier alpha value is -1.11. The molecule has 1 atom stereocenters. The summed E-state index contributed by atoms with van der Waals surface area (Å²) in [6, 6.07) is 3.33. The summed E-state index contributed by atoms with van der Waals surface area (Å²) in [5.74, 6) is 0.789. The van der Waals surface area contributed by atoms with E-state index in [1.807, 2.05) is 4.90 Å². The molecule has 3 rings (SSSR count). The first-order valence-electron chi connectivity index (χ1n) is 6.45. The van der Waals surface area contributed by atoms with Crippen molar-refractivity contribution < 1.29 is 8.42 Å².